The molecule has 0 amide bonds. The predicted molar refractivity (Wildman–Crippen MR) is 76.3 cm³/mol. The predicted octanol–water partition coefficient (Wildman–Crippen LogP) is 0.911. The Morgan fingerprint density at radius 2 is 1.63 bits per heavy atom. The SMILES string of the molecule is Cc1c(N(C)C)c(=O)n(-c2ccccc2)c(=O)n1C. The summed E-state index contributed by atoms with van der Waals surface area (Å²) in [5, 5.41) is 0. The van der Waals surface area contributed by atoms with E-state index in [9.17, 15) is 9.59 Å². The molecular formula is C14H17N3O2. The van der Waals surface area contributed by atoms with E-state index >= 15 is 0 Å². The van der Waals surface area contributed by atoms with E-state index in [1.54, 1.807) is 57.2 Å². The average molecular weight is 259 g/mol. The molecule has 0 unspecified atom stereocenters. The standard InChI is InChI=1S/C14H17N3O2/c1-10-12(15(2)3)13(18)17(14(19)16(10)4)11-8-6-5-7-9-11/h5-9H,1-4H3. The first-order valence-corrected chi connectivity index (χ1v) is 6.00. The van der Waals surface area contributed by atoms with Crippen molar-refractivity contribution in [1.29, 1.82) is 0 Å². The summed E-state index contributed by atoms with van der Waals surface area (Å²) in [4.78, 5) is 26.5. The monoisotopic (exact) mass is 259 g/mol. The van der Waals surface area contributed by atoms with Crippen LogP contribution in [-0.2, 0) is 7.05 Å². The Morgan fingerprint density at radius 3 is 2.16 bits per heavy atom. The minimum absolute atomic E-state index is 0.295. The van der Waals surface area contributed by atoms with Crippen LogP contribution >= 0.6 is 0 Å². The van der Waals surface area contributed by atoms with Crippen LogP contribution < -0.4 is 16.1 Å². The Balaban J connectivity index is 2.91. The van der Waals surface area contributed by atoms with E-state index in [1.807, 2.05) is 6.07 Å². The Kier molecular flexibility index (Phi) is 3.29. The van der Waals surface area contributed by atoms with Gasteiger partial charge in [-0.1, -0.05) is 18.2 Å². The summed E-state index contributed by atoms with van der Waals surface area (Å²) >= 11 is 0. The summed E-state index contributed by atoms with van der Waals surface area (Å²) in [5.74, 6) is 0. The molecule has 100 valence electrons. The number of benzene rings is 1. The van der Waals surface area contributed by atoms with Crippen LogP contribution in [0.5, 0.6) is 0 Å². The number of rotatable bonds is 2. The van der Waals surface area contributed by atoms with Crippen LogP contribution in [0.25, 0.3) is 5.69 Å². The van der Waals surface area contributed by atoms with E-state index in [0.717, 1.165) is 0 Å². The van der Waals surface area contributed by atoms with Crippen LogP contribution in [0.15, 0.2) is 39.9 Å². The van der Waals surface area contributed by atoms with Gasteiger partial charge in [-0.25, -0.2) is 9.36 Å². The van der Waals surface area contributed by atoms with Gasteiger partial charge in [0.05, 0.1) is 5.69 Å². The van der Waals surface area contributed by atoms with Crippen molar-refractivity contribution in [1.82, 2.24) is 9.13 Å². The lowest BCUT2D eigenvalue weighted by atomic mass is 10.3. The topological polar surface area (TPSA) is 47.2 Å². The number of hydrogen-bond acceptors (Lipinski definition) is 3. The van der Waals surface area contributed by atoms with Gasteiger partial charge in [0, 0.05) is 26.8 Å². The van der Waals surface area contributed by atoms with E-state index in [4.69, 9.17) is 0 Å². The van der Waals surface area contributed by atoms with E-state index in [1.165, 1.54) is 9.13 Å². The molecule has 0 aliphatic heterocycles. The fourth-order valence-electron chi connectivity index (χ4n) is 2.12. The van der Waals surface area contributed by atoms with Gasteiger partial charge < -0.3 is 4.90 Å². The van der Waals surface area contributed by atoms with Crippen LogP contribution in [0.2, 0.25) is 0 Å². The molecule has 1 heterocycles. The molecule has 5 heteroatoms. The van der Waals surface area contributed by atoms with Crippen LogP contribution in [0.4, 0.5) is 5.69 Å². The average Bonchev–Trinajstić information content (AvgIpc) is 2.37. The third kappa shape index (κ3) is 2.07. The van der Waals surface area contributed by atoms with Crippen molar-refractivity contribution in [3.8, 4) is 5.69 Å². The lowest BCUT2D eigenvalue weighted by Gasteiger charge is -2.19. The van der Waals surface area contributed by atoms with E-state index in [2.05, 4.69) is 0 Å². The quantitative estimate of drug-likeness (QED) is 0.805. The minimum atomic E-state index is -0.334. The van der Waals surface area contributed by atoms with Crippen molar-refractivity contribution in [3.63, 3.8) is 0 Å². The normalized spacial score (nSPS) is 10.5. The number of nitrogens with zero attached hydrogens (tertiary/aromatic N) is 3. The third-order valence-electron chi connectivity index (χ3n) is 3.19. The summed E-state index contributed by atoms with van der Waals surface area (Å²) in [6, 6.07) is 8.95. The van der Waals surface area contributed by atoms with Gasteiger partial charge in [0.15, 0.2) is 0 Å². The summed E-state index contributed by atoms with van der Waals surface area (Å²) in [6.07, 6.45) is 0. The molecule has 2 aromatic rings. The first-order valence-electron chi connectivity index (χ1n) is 6.00. The maximum absolute atomic E-state index is 12.5. The Morgan fingerprint density at radius 1 is 1.05 bits per heavy atom. The second-order valence-corrected chi connectivity index (χ2v) is 4.65. The Labute approximate surface area is 111 Å². The van der Waals surface area contributed by atoms with Gasteiger partial charge in [-0.05, 0) is 19.1 Å². The molecule has 0 N–H and O–H groups in total. The van der Waals surface area contributed by atoms with Gasteiger partial charge in [-0.3, -0.25) is 9.36 Å². The van der Waals surface area contributed by atoms with E-state index in [0.29, 0.717) is 17.1 Å². The molecule has 0 atom stereocenters. The molecule has 0 saturated carbocycles. The first kappa shape index (κ1) is 13.1. The van der Waals surface area contributed by atoms with Crippen molar-refractivity contribution >= 4 is 5.69 Å². The molecule has 1 aromatic carbocycles. The molecule has 0 bridgehead atoms. The van der Waals surface area contributed by atoms with Crippen LogP contribution in [0.1, 0.15) is 5.69 Å². The molecule has 1 aromatic heterocycles. The van der Waals surface area contributed by atoms with Crippen LogP contribution in [0, 0.1) is 6.92 Å². The molecule has 2 rings (SSSR count). The third-order valence-corrected chi connectivity index (χ3v) is 3.19. The highest BCUT2D eigenvalue weighted by Crippen LogP contribution is 2.11. The van der Waals surface area contributed by atoms with Gasteiger partial charge >= 0.3 is 5.69 Å². The summed E-state index contributed by atoms with van der Waals surface area (Å²) in [7, 11) is 5.26. The molecule has 0 saturated heterocycles. The highest BCUT2D eigenvalue weighted by Gasteiger charge is 2.16. The first-order chi connectivity index (χ1) is 8.95. The Hall–Kier alpha value is -2.30. The zero-order chi connectivity index (χ0) is 14.2. The lowest BCUT2D eigenvalue weighted by molar-refractivity contribution is 0.709. The molecule has 19 heavy (non-hydrogen) atoms. The molecule has 5 nitrogen and oxygen atoms in total. The Bertz CT molecular complexity index is 712. The molecule has 0 aliphatic rings. The van der Waals surface area contributed by atoms with Crippen molar-refractivity contribution in [2.24, 2.45) is 7.05 Å². The van der Waals surface area contributed by atoms with Crippen molar-refractivity contribution < 1.29 is 0 Å². The van der Waals surface area contributed by atoms with E-state index < -0.39 is 0 Å². The summed E-state index contributed by atoms with van der Waals surface area (Å²) in [5.41, 5.74) is 1.13. The van der Waals surface area contributed by atoms with Gasteiger partial charge in [0.25, 0.3) is 5.56 Å². The molecule has 0 fully saturated rings. The summed E-state index contributed by atoms with van der Waals surface area (Å²) in [6.45, 7) is 1.77. The maximum atomic E-state index is 12.5. The van der Waals surface area contributed by atoms with Crippen molar-refractivity contribution in [2.75, 3.05) is 19.0 Å². The second-order valence-electron chi connectivity index (χ2n) is 4.65. The van der Waals surface area contributed by atoms with Gasteiger partial charge in [-0.2, -0.15) is 0 Å². The fourth-order valence-corrected chi connectivity index (χ4v) is 2.12. The van der Waals surface area contributed by atoms with Gasteiger partial charge in [-0.15, -0.1) is 0 Å². The minimum Gasteiger partial charge on any atom is -0.372 e. The van der Waals surface area contributed by atoms with Gasteiger partial charge in [0.1, 0.15) is 5.69 Å². The van der Waals surface area contributed by atoms with E-state index in [-0.39, 0.29) is 11.2 Å². The second kappa shape index (κ2) is 4.76. The number of para-hydroxylation sites is 1. The number of hydrogen-bond donors (Lipinski definition) is 0. The zero-order valence-electron chi connectivity index (χ0n) is 11.5. The van der Waals surface area contributed by atoms with Crippen molar-refractivity contribution in [3.05, 3.63) is 56.9 Å². The van der Waals surface area contributed by atoms with Gasteiger partial charge in [0.2, 0.25) is 0 Å². The zero-order valence-corrected chi connectivity index (χ0v) is 11.5. The fraction of sp³-hybridized carbons (Fsp3) is 0.286. The van der Waals surface area contributed by atoms with Crippen molar-refractivity contribution in [2.45, 2.75) is 6.92 Å². The largest absolute Gasteiger partial charge is 0.372 e. The number of anilines is 1. The summed E-state index contributed by atoms with van der Waals surface area (Å²) < 4.78 is 2.69. The maximum Gasteiger partial charge on any atom is 0.335 e. The molecule has 0 aliphatic carbocycles. The van der Waals surface area contributed by atoms with Crippen LogP contribution in [-0.4, -0.2) is 23.2 Å². The molecular weight excluding hydrogens is 242 g/mol. The van der Waals surface area contributed by atoms with Crippen LogP contribution in [0.3, 0.4) is 0 Å². The molecule has 0 radical (unpaired) electrons. The highest BCUT2D eigenvalue weighted by molar-refractivity contribution is 5.49. The molecule has 0 spiro atoms. The lowest BCUT2D eigenvalue weighted by Crippen LogP contribution is -2.41. The number of aromatic nitrogens is 2. The smallest absolute Gasteiger partial charge is 0.335 e. The highest BCUT2D eigenvalue weighted by atomic mass is 16.2.